The van der Waals surface area contributed by atoms with E-state index in [0.717, 1.165) is 24.6 Å². The van der Waals surface area contributed by atoms with Crippen LogP contribution in [0.2, 0.25) is 0 Å². The summed E-state index contributed by atoms with van der Waals surface area (Å²) < 4.78 is 5.62. The molecule has 4 rings (SSSR count). The first kappa shape index (κ1) is 18.7. The van der Waals surface area contributed by atoms with Crippen molar-refractivity contribution in [2.24, 2.45) is 5.92 Å². The number of amides is 2. The largest absolute Gasteiger partial charge is 0.444 e. The predicted molar refractivity (Wildman–Crippen MR) is 107 cm³/mol. The van der Waals surface area contributed by atoms with E-state index in [9.17, 15) is 9.59 Å². The Hall–Kier alpha value is -2.63. The van der Waals surface area contributed by atoms with Crippen molar-refractivity contribution in [3.05, 3.63) is 42.1 Å². The zero-order chi connectivity index (χ0) is 19.9. The SMILES string of the molecule is CC(C)(C)OC(=O)N1C2CCC(C2)C1CNC(=O)c1cccc2cccnc12. The van der Waals surface area contributed by atoms with Gasteiger partial charge >= 0.3 is 6.09 Å². The van der Waals surface area contributed by atoms with Crippen LogP contribution in [-0.4, -0.2) is 46.1 Å². The Bertz CT molecular complexity index is 900. The highest BCUT2D eigenvalue weighted by molar-refractivity contribution is 6.05. The van der Waals surface area contributed by atoms with Crippen molar-refractivity contribution in [1.29, 1.82) is 0 Å². The number of hydrogen-bond acceptors (Lipinski definition) is 4. The number of carbonyl (C=O) groups excluding carboxylic acids is 2. The molecule has 1 aromatic carbocycles. The predicted octanol–water partition coefficient (Wildman–Crippen LogP) is 3.75. The Morgan fingerprint density at radius 1 is 1.21 bits per heavy atom. The van der Waals surface area contributed by atoms with Crippen LogP contribution in [0.3, 0.4) is 0 Å². The van der Waals surface area contributed by atoms with Gasteiger partial charge < -0.3 is 15.0 Å². The third-order valence-electron chi connectivity index (χ3n) is 5.69. The van der Waals surface area contributed by atoms with Crippen LogP contribution in [-0.2, 0) is 4.74 Å². The average Bonchev–Trinajstić information content (AvgIpc) is 3.25. The Balaban J connectivity index is 1.48. The number of nitrogens with zero attached hydrogens (tertiary/aromatic N) is 2. The maximum Gasteiger partial charge on any atom is 0.410 e. The number of aromatic nitrogens is 1. The van der Waals surface area contributed by atoms with Crippen LogP contribution in [0.4, 0.5) is 4.79 Å². The molecule has 1 saturated carbocycles. The fourth-order valence-corrected chi connectivity index (χ4v) is 4.54. The normalized spacial score (nSPS) is 23.8. The molecule has 1 aliphatic carbocycles. The van der Waals surface area contributed by atoms with Crippen LogP contribution in [0.25, 0.3) is 10.9 Å². The van der Waals surface area contributed by atoms with Gasteiger partial charge in [-0.15, -0.1) is 0 Å². The number of carbonyl (C=O) groups is 2. The molecule has 3 atom stereocenters. The first-order chi connectivity index (χ1) is 13.3. The Morgan fingerprint density at radius 3 is 2.79 bits per heavy atom. The molecular formula is C22H27N3O3. The molecule has 2 aliphatic rings. The van der Waals surface area contributed by atoms with Crippen LogP contribution in [0.15, 0.2) is 36.5 Å². The summed E-state index contributed by atoms with van der Waals surface area (Å²) in [6, 6.07) is 9.61. The number of benzene rings is 1. The molecule has 28 heavy (non-hydrogen) atoms. The highest BCUT2D eigenvalue weighted by Crippen LogP contribution is 2.42. The average molecular weight is 381 g/mol. The number of fused-ring (bicyclic) bond motifs is 3. The Labute approximate surface area is 165 Å². The van der Waals surface area contributed by atoms with E-state index in [1.165, 1.54) is 0 Å². The van der Waals surface area contributed by atoms with E-state index in [1.54, 1.807) is 12.3 Å². The van der Waals surface area contributed by atoms with Gasteiger partial charge in [0.05, 0.1) is 17.1 Å². The zero-order valence-electron chi connectivity index (χ0n) is 16.6. The smallest absolute Gasteiger partial charge is 0.410 e. The van der Waals surface area contributed by atoms with Gasteiger partial charge in [-0.05, 0) is 58.1 Å². The van der Waals surface area contributed by atoms with Crippen molar-refractivity contribution >= 4 is 22.9 Å². The van der Waals surface area contributed by atoms with E-state index >= 15 is 0 Å². The lowest BCUT2D eigenvalue weighted by molar-refractivity contribution is 0.00755. The van der Waals surface area contributed by atoms with Gasteiger partial charge in [-0.25, -0.2) is 4.79 Å². The molecule has 6 heteroatoms. The summed E-state index contributed by atoms with van der Waals surface area (Å²) >= 11 is 0. The highest BCUT2D eigenvalue weighted by atomic mass is 16.6. The summed E-state index contributed by atoms with van der Waals surface area (Å²) in [5.41, 5.74) is 0.728. The second kappa shape index (κ2) is 7.08. The second-order valence-electron chi connectivity index (χ2n) is 8.77. The molecule has 1 saturated heterocycles. The summed E-state index contributed by atoms with van der Waals surface area (Å²) in [5.74, 6) is 0.264. The minimum Gasteiger partial charge on any atom is -0.444 e. The van der Waals surface area contributed by atoms with E-state index in [4.69, 9.17) is 4.74 Å². The number of pyridine rings is 1. The Morgan fingerprint density at radius 2 is 2.00 bits per heavy atom. The monoisotopic (exact) mass is 381 g/mol. The Kier molecular flexibility index (Phi) is 4.73. The second-order valence-corrected chi connectivity index (χ2v) is 8.77. The van der Waals surface area contributed by atoms with Gasteiger partial charge in [0.1, 0.15) is 5.60 Å². The highest BCUT2D eigenvalue weighted by Gasteiger charge is 2.49. The molecule has 0 spiro atoms. The summed E-state index contributed by atoms with van der Waals surface area (Å²) in [6.45, 7) is 6.07. The molecule has 6 nitrogen and oxygen atoms in total. The maximum absolute atomic E-state index is 12.8. The van der Waals surface area contributed by atoms with Crippen LogP contribution in [0.1, 0.15) is 50.4 Å². The topological polar surface area (TPSA) is 71.5 Å². The van der Waals surface area contributed by atoms with Crippen molar-refractivity contribution in [3.8, 4) is 0 Å². The molecule has 1 N–H and O–H groups in total. The lowest BCUT2D eigenvalue weighted by Gasteiger charge is -2.36. The van der Waals surface area contributed by atoms with Gasteiger partial charge in [-0.1, -0.05) is 18.2 Å². The third-order valence-corrected chi connectivity index (χ3v) is 5.69. The molecule has 0 radical (unpaired) electrons. The summed E-state index contributed by atoms with van der Waals surface area (Å²) in [5, 5.41) is 3.97. The van der Waals surface area contributed by atoms with Crippen molar-refractivity contribution in [2.75, 3.05) is 6.54 Å². The summed E-state index contributed by atoms with van der Waals surface area (Å²) in [6.07, 6.45) is 4.53. The molecular weight excluding hydrogens is 354 g/mol. The van der Waals surface area contributed by atoms with Crippen LogP contribution >= 0.6 is 0 Å². The van der Waals surface area contributed by atoms with Gasteiger partial charge in [0, 0.05) is 24.2 Å². The van der Waals surface area contributed by atoms with Gasteiger partial charge in [0.2, 0.25) is 0 Å². The molecule has 2 fully saturated rings. The fourth-order valence-electron chi connectivity index (χ4n) is 4.54. The van der Waals surface area contributed by atoms with Gasteiger partial charge in [-0.2, -0.15) is 0 Å². The molecule has 1 aromatic heterocycles. The van der Waals surface area contributed by atoms with E-state index in [2.05, 4.69) is 10.3 Å². The van der Waals surface area contributed by atoms with E-state index in [-0.39, 0.29) is 24.1 Å². The number of nitrogens with one attached hydrogen (secondary N) is 1. The molecule has 148 valence electrons. The van der Waals surface area contributed by atoms with Crippen molar-refractivity contribution < 1.29 is 14.3 Å². The van der Waals surface area contributed by atoms with Crippen LogP contribution in [0.5, 0.6) is 0 Å². The first-order valence-electron chi connectivity index (χ1n) is 9.97. The maximum atomic E-state index is 12.8. The number of rotatable bonds is 3. The molecule has 1 aliphatic heterocycles. The molecule has 2 bridgehead atoms. The van der Waals surface area contributed by atoms with Gasteiger partial charge in [0.25, 0.3) is 5.91 Å². The van der Waals surface area contributed by atoms with Crippen molar-refractivity contribution in [2.45, 2.75) is 57.7 Å². The number of ether oxygens (including phenoxy) is 1. The van der Waals surface area contributed by atoms with Crippen LogP contribution in [0, 0.1) is 5.92 Å². The minimum atomic E-state index is -0.526. The van der Waals surface area contributed by atoms with Crippen LogP contribution < -0.4 is 5.32 Å². The van der Waals surface area contributed by atoms with Gasteiger partial charge in [0.15, 0.2) is 0 Å². The summed E-state index contributed by atoms with van der Waals surface area (Å²) in [7, 11) is 0. The molecule has 2 aromatic rings. The first-order valence-corrected chi connectivity index (χ1v) is 9.97. The van der Waals surface area contributed by atoms with Gasteiger partial charge in [-0.3, -0.25) is 9.78 Å². The zero-order valence-corrected chi connectivity index (χ0v) is 16.6. The van der Waals surface area contributed by atoms with E-state index in [1.807, 2.05) is 49.9 Å². The number of para-hydroxylation sites is 1. The quantitative estimate of drug-likeness (QED) is 0.879. The summed E-state index contributed by atoms with van der Waals surface area (Å²) in [4.78, 5) is 31.8. The van der Waals surface area contributed by atoms with Crippen molar-refractivity contribution in [1.82, 2.24) is 15.2 Å². The molecule has 2 amide bonds. The lowest BCUT2D eigenvalue weighted by Crippen LogP contribution is -2.51. The third kappa shape index (κ3) is 3.55. The molecule has 2 heterocycles. The fraction of sp³-hybridized carbons (Fsp3) is 0.500. The number of piperidine rings is 1. The standard InChI is InChI=1S/C22H27N3O3/c1-22(2,3)28-21(27)25-16-10-9-15(12-16)18(25)13-24-20(26)17-8-4-6-14-7-5-11-23-19(14)17/h4-8,11,15-16,18H,9-10,12-13H2,1-3H3,(H,24,26). The minimum absolute atomic E-state index is 0.0134. The lowest BCUT2D eigenvalue weighted by atomic mass is 9.98. The van der Waals surface area contributed by atoms with Crippen molar-refractivity contribution in [3.63, 3.8) is 0 Å². The van der Waals surface area contributed by atoms with E-state index < -0.39 is 5.60 Å². The number of hydrogen-bond donors (Lipinski definition) is 1. The molecule has 3 unspecified atom stereocenters. The number of likely N-dealkylation sites (tertiary alicyclic amines) is 1. The van der Waals surface area contributed by atoms with E-state index in [0.29, 0.717) is 23.5 Å².